The van der Waals surface area contributed by atoms with Gasteiger partial charge >= 0.3 is 6.18 Å². The van der Waals surface area contributed by atoms with Crippen LogP contribution in [0.2, 0.25) is 0 Å². The summed E-state index contributed by atoms with van der Waals surface area (Å²) in [4.78, 5) is 25.7. The number of hydrogen-bond acceptors (Lipinski definition) is 5. The van der Waals surface area contributed by atoms with Gasteiger partial charge in [0.05, 0.1) is 5.56 Å². The van der Waals surface area contributed by atoms with Gasteiger partial charge in [-0.3, -0.25) is 9.59 Å². The van der Waals surface area contributed by atoms with Crippen molar-refractivity contribution < 1.29 is 30.8 Å². The molecule has 1 amide bonds. The van der Waals surface area contributed by atoms with E-state index in [0.29, 0.717) is 25.4 Å². The molecule has 0 radical (unpaired) electrons. The van der Waals surface area contributed by atoms with Crippen LogP contribution in [0.1, 0.15) is 34.7 Å². The van der Waals surface area contributed by atoms with Crippen molar-refractivity contribution >= 4 is 21.6 Å². The molecule has 1 fully saturated rings. The summed E-state index contributed by atoms with van der Waals surface area (Å²) in [6, 6.07) is 1.48. The third-order valence-electron chi connectivity index (χ3n) is 4.26. The summed E-state index contributed by atoms with van der Waals surface area (Å²) >= 11 is 0. The van der Waals surface area contributed by atoms with E-state index >= 15 is 0 Å². The maximum absolute atomic E-state index is 12.8. The molecule has 0 saturated carbocycles. The molecule has 0 unspecified atom stereocenters. The Morgan fingerprint density at radius 1 is 1.25 bits per heavy atom. The highest BCUT2D eigenvalue weighted by Gasteiger charge is 2.33. The van der Waals surface area contributed by atoms with Gasteiger partial charge in [0.1, 0.15) is 16.3 Å². The monoisotopic (exact) mass is 419 g/mol. The van der Waals surface area contributed by atoms with Crippen molar-refractivity contribution in [3.8, 4) is 0 Å². The fourth-order valence-electron chi connectivity index (χ4n) is 2.83. The average Bonchev–Trinajstić information content (AvgIpc) is 3.26. The van der Waals surface area contributed by atoms with Gasteiger partial charge in [-0.15, -0.1) is 0 Å². The largest absolute Gasteiger partial charge is 0.455 e. The Morgan fingerprint density at radius 3 is 2.50 bits per heavy atom. The van der Waals surface area contributed by atoms with E-state index in [2.05, 4.69) is 0 Å². The second-order valence-corrected chi connectivity index (χ2v) is 8.13. The van der Waals surface area contributed by atoms with Crippen LogP contribution in [0.4, 0.5) is 18.9 Å². The number of anilines is 1. The van der Waals surface area contributed by atoms with Gasteiger partial charge in [-0.2, -0.15) is 17.5 Å². The van der Waals surface area contributed by atoms with Crippen LogP contribution in [-0.2, 0) is 16.2 Å². The third-order valence-corrected chi connectivity index (χ3v) is 6.26. The molecule has 0 bridgehead atoms. The molecule has 3 heterocycles. The number of amides is 1. The minimum atomic E-state index is -4.72. The number of hydrogen-bond donors (Lipinski definition) is 2. The van der Waals surface area contributed by atoms with E-state index in [9.17, 15) is 31.2 Å². The minimum absolute atomic E-state index is 0.0324. The molecule has 2 aromatic heterocycles. The van der Waals surface area contributed by atoms with Gasteiger partial charge in [-0.1, -0.05) is 0 Å². The molecule has 12 heteroatoms. The van der Waals surface area contributed by atoms with Crippen LogP contribution in [0.3, 0.4) is 0 Å². The summed E-state index contributed by atoms with van der Waals surface area (Å²) in [5, 5.41) is 2.02. The lowest BCUT2D eigenvalue weighted by molar-refractivity contribution is -0.137. The van der Waals surface area contributed by atoms with Crippen molar-refractivity contribution in [2.24, 2.45) is 0 Å². The van der Waals surface area contributed by atoms with Crippen LogP contribution < -0.4 is 10.9 Å². The Morgan fingerprint density at radius 2 is 1.89 bits per heavy atom. The lowest BCUT2D eigenvalue weighted by Gasteiger charge is -2.14. The Hall–Kier alpha value is -2.60. The number of aromatic nitrogens is 1. The van der Waals surface area contributed by atoms with E-state index in [1.165, 1.54) is 11.2 Å². The molecule has 8 nitrogen and oxygen atoms in total. The van der Waals surface area contributed by atoms with Gasteiger partial charge in [0.25, 0.3) is 11.5 Å². The van der Waals surface area contributed by atoms with Crippen molar-refractivity contribution in [3.05, 3.63) is 45.8 Å². The van der Waals surface area contributed by atoms with Crippen molar-refractivity contribution in [1.29, 1.82) is 0 Å². The zero-order valence-corrected chi connectivity index (χ0v) is 15.4. The van der Waals surface area contributed by atoms with Crippen molar-refractivity contribution in [3.63, 3.8) is 0 Å². The second kappa shape index (κ2) is 7.09. The summed E-state index contributed by atoms with van der Waals surface area (Å²) in [5.74, 6) is -1.52. The van der Waals surface area contributed by atoms with Gasteiger partial charge in [-0.25, -0.2) is 8.42 Å². The number of H-pyrrole nitrogens is 1. The van der Waals surface area contributed by atoms with Gasteiger partial charge < -0.3 is 14.7 Å². The maximum atomic E-state index is 12.8. The first-order chi connectivity index (χ1) is 13.0. The topological polar surface area (TPSA) is 112 Å². The predicted octanol–water partition coefficient (Wildman–Crippen LogP) is 2.33. The number of alkyl halides is 3. The van der Waals surface area contributed by atoms with E-state index in [0.717, 1.165) is 18.9 Å². The first kappa shape index (κ1) is 20.1. The fourth-order valence-corrected chi connectivity index (χ4v) is 4.50. The van der Waals surface area contributed by atoms with Crippen molar-refractivity contribution in [1.82, 2.24) is 9.29 Å². The molecule has 0 spiro atoms. The van der Waals surface area contributed by atoms with Gasteiger partial charge in [0.2, 0.25) is 10.0 Å². The number of halogens is 3. The van der Waals surface area contributed by atoms with E-state index in [4.69, 9.17) is 4.42 Å². The highest BCUT2D eigenvalue weighted by Crippen LogP contribution is 2.30. The second-order valence-electron chi connectivity index (χ2n) is 6.23. The van der Waals surface area contributed by atoms with Gasteiger partial charge in [0.15, 0.2) is 5.76 Å². The number of rotatable bonds is 4. The van der Waals surface area contributed by atoms with Crippen LogP contribution in [0.5, 0.6) is 0 Å². The van der Waals surface area contributed by atoms with E-state index in [-0.39, 0.29) is 10.7 Å². The first-order valence-electron chi connectivity index (χ1n) is 8.22. The summed E-state index contributed by atoms with van der Waals surface area (Å²) in [6.07, 6.45) is -2.79. The Kier molecular flexibility index (Phi) is 5.10. The highest BCUT2D eigenvalue weighted by atomic mass is 32.2. The summed E-state index contributed by atoms with van der Waals surface area (Å²) in [7, 11) is -3.85. The third kappa shape index (κ3) is 3.83. The Bertz CT molecular complexity index is 1070. The van der Waals surface area contributed by atoms with Gasteiger partial charge in [0, 0.05) is 25.4 Å². The minimum Gasteiger partial charge on any atom is -0.455 e. The quantitative estimate of drug-likeness (QED) is 0.790. The van der Waals surface area contributed by atoms with Crippen LogP contribution in [0.25, 0.3) is 0 Å². The SMILES string of the molecule is Cc1oc(C(=O)Nc2cc(C(F)(F)F)c[nH]c2=O)cc1S(=O)(=O)N1CCCC1. The molecule has 2 N–H and O–H groups in total. The fraction of sp³-hybridized carbons (Fsp3) is 0.375. The van der Waals surface area contributed by atoms with Crippen molar-refractivity contribution in [2.75, 3.05) is 18.4 Å². The van der Waals surface area contributed by atoms with E-state index in [1.807, 2.05) is 10.3 Å². The number of sulfonamides is 1. The van der Waals surface area contributed by atoms with Crippen LogP contribution in [-0.4, -0.2) is 36.7 Å². The molecular formula is C16H16F3N3O5S. The van der Waals surface area contributed by atoms with E-state index < -0.39 is 44.7 Å². The number of aryl methyl sites for hydroxylation is 1. The molecule has 152 valence electrons. The van der Waals surface area contributed by atoms with Crippen LogP contribution >= 0.6 is 0 Å². The number of carbonyl (C=O) groups is 1. The Labute approximate surface area is 157 Å². The number of nitrogens with one attached hydrogen (secondary N) is 2. The lowest BCUT2D eigenvalue weighted by atomic mass is 10.2. The average molecular weight is 419 g/mol. The molecule has 28 heavy (non-hydrogen) atoms. The normalized spacial score (nSPS) is 15.7. The van der Waals surface area contributed by atoms with Crippen LogP contribution in [0.15, 0.2) is 32.4 Å². The van der Waals surface area contributed by atoms with E-state index in [1.54, 1.807) is 0 Å². The Balaban J connectivity index is 1.88. The molecule has 3 rings (SSSR count). The van der Waals surface area contributed by atoms with Crippen molar-refractivity contribution in [2.45, 2.75) is 30.8 Å². The zero-order chi connectivity index (χ0) is 20.7. The highest BCUT2D eigenvalue weighted by molar-refractivity contribution is 7.89. The molecule has 0 aromatic carbocycles. The summed E-state index contributed by atoms with van der Waals surface area (Å²) in [5.41, 5.74) is -2.75. The first-order valence-corrected chi connectivity index (χ1v) is 9.66. The standard InChI is InChI=1S/C16H16F3N3O5S/c1-9-13(28(25,26)22-4-2-3-5-22)7-12(27-9)15(24)21-11-6-10(16(17,18)19)8-20-14(11)23/h6-8H,2-5H2,1H3,(H,20,23)(H,21,24). The molecule has 0 atom stereocenters. The molecule has 2 aromatic rings. The number of nitrogens with zero attached hydrogens (tertiary/aromatic N) is 1. The smallest absolute Gasteiger partial charge is 0.417 e. The lowest BCUT2D eigenvalue weighted by Crippen LogP contribution is -2.28. The summed E-state index contributed by atoms with van der Waals surface area (Å²) in [6.45, 7) is 2.07. The number of furan rings is 1. The number of carbonyl (C=O) groups excluding carboxylic acids is 1. The zero-order valence-electron chi connectivity index (χ0n) is 14.6. The number of aromatic amines is 1. The molecular weight excluding hydrogens is 403 g/mol. The molecule has 0 aliphatic carbocycles. The predicted molar refractivity (Wildman–Crippen MR) is 91.5 cm³/mol. The van der Waals surface area contributed by atoms with Gasteiger partial charge in [-0.05, 0) is 25.8 Å². The molecule has 1 aliphatic rings. The molecule has 1 aliphatic heterocycles. The summed E-state index contributed by atoms with van der Waals surface area (Å²) < 4.78 is 70.0. The van der Waals surface area contributed by atoms with Crippen LogP contribution in [0, 0.1) is 6.92 Å². The molecule has 1 saturated heterocycles. The number of pyridine rings is 1. The maximum Gasteiger partial charge on any atom is 0.417 e.